The van der Waals surface area contributed by atoms with E-state index in [1.54, 1.807) is 0 Å². The molecule has 1 aromatic carbocycles. The molecular formula is C18H17F3N2O2S. The lowest BCUT2D eigenvalue weighted by Gasteiger charge is -2.21. The largest absolute Gasteiger partial charge is 0.282 e. The van der Waals surface area contributed by atoms with Crippen LogP contribution in [0.5, 0.6) is 0 Å². The molecule has 0 aliphatic carbocycles. The summed E-state index contributed by atoms with van der Waals surface area (Å²) in [6.07, 6.45) is -1.50. The number of aromatic nitrogens is 1. The fraction of sp³-hybridized carbons (Fsp3) is 0.333. The van der Waals surface area contributed by atoms with Crippen molar-refractivity contribution in [1.29, 1.82) is 0 Å². The van der Waals surface area contributed by atoms with Crippen molar-refractivity contribution in [1.82, 2.24) is 4.98 Å². The van der Waals surface area contributed by atoms with Gasteiger partial charge in [0.2, 0.25) is 0 Å². The van der Waals surface area contributed by atoms with Crippen molar-refractivity contribution in [2.45, 2.75) is 36.8 Å². The lowest BCUT2D eigenvalue weighted by Crippen LogP contribution is -2.35. The van der Waals surface area contributed by atoms with Gasteiger partial charge in [-0.1, -0.05) is 12.1 Å². The van der Waals surface area contributed by atoms with Crippen LogP contribution in [0, 0.1) is 12.7 Å². The molecule has 8 heteroatoms. The van der Waals surface area contributed by atoms with E-state index in [0.29, 0.717) is 5.56 Å². The fourth-order valence-corrected chi connectivity index (χ4v) is 4.44. The third-order valence-electron chi connectivity index (χ3n) is 4.44. The molecule has 0 radical (unpaired) electrons. The minimum absolute atomic E-state index is 0.0889. The Labute approximate surface area is 149 Å². The maximum absolute atomic E-state index is 14.5. The van der Waals surface area contributed by atoms with Crippen LogP contribution >= 0.6 is 0 Å². The standard InChI is InChI=1S/C18H17F3N2O2S/c1-10-7-11(8-22-14(10)17(20)21)15-12-5-4-6-13(19)16(12)26(24,25)18(2,3)9-23-15/h4-8,17H,9H2,1-3H3. The van der Waals surface area contributed by atoms with Crippen molar-refractivity contribution in [3.63, 3.8) is 0 Å². The van der Waals surface area contributed by atoms with Crippen molar-refractivity contribution in [2.24, 2.45) is 4.99 Å². The van der Waals surface area contributed by atoms with Gasteiger partial charge in [0.1, 0.15) is 16.4 Å². The molecular weight excluding hydrogens is 365 g/mol. The second kappa shape index (κ2) is 6.19. The first kappa shape index (κ1) is 18.6. The number of alkyl halides is 2. The van der Waals surface area contributed by atoms with E-state index in [1.807, 2.05) is 0 Å². The average molecular weight is 382 g/mol. The molecule has 1 aliphatic heterocycles. The molecule has 0 amide bonds. The van der Waals surface area contributed by atoms with E-state index < -0.39 is 31.7 Å². The lowest BCUT2D eigenvalue weighted by atomic mass is 10.0. The summed E-state index contributed by atoms with van der Waals surface area (Å²) >= 11 is 0. The van der Waals surface area contributed by atoms with Gasteiger partial charge >= 0.3 is 0 Å². The van der Waals surface area contributed by atoms with Crippen molar-refractivity contribution < 1.29 is 21.6 Å². The fourth-order valence-electron chi connectivity index (χ4n) is 2.87. The van der Waals surface area contributed by atoms with Gasteiger partial charge in [-0.15, -0.1) is 0 Å². The first-order valence-corrected chi connectivity index (χ1v) is 9.37. The highest BCUT2D eigenvalue weighted by Crippen LogP contribution is 2.35. The van der Waals surface area contributed by atoms with E-state index in [1.165, 1.54) is 45.2 Å². The Balaban J connectivity index is 2.28. The van der Waals surface area contributed by atoms with Crippen molar-refractivity contribution in [2.75, 3.05) is 6.54 Å². The Morgan fingerprint density at radius 2 is 1.92 bits per heavy atom. The van der Waals surface area contributed by atoms with E-state index in [0.717, 1.165) is 6.07 Å². The first-order valence-electron chi connectivity index (χ1n) is 7.89. The lowest BCUT2D eigenvalue weighted by molar-refractivity contribution is 0.145. The predicted octanol–water partition coefficient (Wildman–Crippen LogP) is 3.87. The number of rotatable bonds is 2. The Bertz CT molecular complexity index is 1020. The van der Waals surface area contributed by atoms with Gasteiger partial charge in [-0.25, -0.2) is 21.6 Å². The molecule has 2 aromatic rings. The highest BCUT2D eigenvalue weighted by Gasteiger charge is 2.42. The number of aliphatic imine (C=N–C) groups is 1. The number of fused-ring (bicyclic) bond motifs is 1. The maximum Gasteiger partial charge on any atom is 0.280 e. The number of hydrogen-bond donors (Lipinski definition) is 0. The predicted molar refractivity (Wildman–Crippen MR) is 92.1 cm³/mol. The van der Waals surface area contributed by atoms with Gasteiger partial charge < -0.3 is 0 Å². The third-order valence-corrected chi connectivity index (χ3v) is 6.97. The number of benzene rings is 1. The summed E-state index contributed by atoms with van der Waals surface area (Å²) in [5.74, 6) is -0.862. The average Bonchev–Trinajstić information content (AvgIpc) is 2.61. The van der Waals surface area contributed by atoms with Gasteiger partial charge in [-0.05, 0) is 38.5 Å². The molecule has 3 rings (SSSR count). The van der Waals surface area contributed by atoms with Crippen LogP contribution in [0.1, 0.15) is 42.7 Å². The first-order chi connectivity index (χ1) is 12.1. The normalized spacial score (nSPS) is 18.2. The van der Waals surface area contributed by atoms with E-state index >= 15 is 0 Å². The minimum atomic E-state index is -3.99. The molecule has 2 heterocycles. The molecule has 0 saturated heterocycles. The second-order valence-corrected chi connectivity index (χ2v) is 9.29. The Morgan fingerprint density at radius 1 is 1.23 bits per heavy atom. The number of aryl methyl sites for hydroxylation is 1. The Morgan fingerprint density at radius 3 is 2.54 bits per heavy atom. The van der Waals surface area contributed by atoms with Crippen LogP contribution in [0.3, 0.4) is 0 Å². The monoisotopic (exact) mass is 382 g/mol. The molecule has 0 fully saturated rings. The minimum Gasteiger partial charge on any atom is -0.282 e. The Kier molecular flexibility index (Phi) is 4.42. The van der Waals surface area contributed by atoms with Gasteiger partial charge in [0.05, 0.1) is 17.0 Å². The zero-order valence-corrected chi connectivity index (χ0v) is 15.2. The molecule has 4 nitrogen and oxygen atoms in total. The maximum atomic E-state index is 14.5. The van der Waals surface area contributed by atoms with Gasteiger partial charge in [-0.2, -0.15) is 0 Å². The second-order valence-electron chi connectivity index (χ2n) is 6.77. The van der Waals surface area contributed by atoms with Crippen LogP contribution in [-0.2, 0) is 9.84 Å². The summed E-state index contributed by atoms with van der Waals surface area (Å²) in [5.41, 5.74) is 0.609. The zero-order valence-electron chi connectivity index (χ0n) is 14.4. The summed E-state index contributed by atoms with van der Waals surface area (Å²) in [4.78, 5) is 7.74. The molecule has 0 saturated carbocycles. The molecule has 26 heavy (non-hydrogen) atoms. The van der Waals surface area contributed by atoms with Gasteiger partial charge in [-0.3, -0.25) is 9.98 Å². The summed E-state index contributed by atoms with van der Waals surface area (Å²) < 4.78 is 64.9. The van der Waals surface area contributed by atoms with E-state index in [9.17, 15) is 21.6 Å². The van der Waals surface area contributed by atoms with E-state index in [2.05, 4.69) is 9.98 Å². The van der Waals surface area contributed by atoms with E-state index in [4.69, 9.17) is 0 Å². The van der Waals surface area contributed by atoms with Gasteiger partial charge in [0.25, 0.3) is 6.43 Å². The van der Waals surface area contributed by atoms with Crippen molar-refractivity contribution in [3.05, 3.63) is 58.7 Å². The summed E-state index contributed by atoms with van der Waals surface area (Å²) in [7, 11) is -3.99. The van der Waals surface area contributed by atoms with Crippen LogP contribution in [-0.4, -0.2) is 30.4 Å². The topological polar surface area (TPSA) is 59.4 Å². The van der Waals surface area contributed by atoms with Crippen LogP contribution in [0.2, 0.25) is 0 Å². The number of pyridine rings is 1. The van der Waals surface area contributed by atoms with Crippen LogP contribution in [0.15, 0.2) is 40.4 Å². The van der Waals surface area contributed by atoms with Crippen LogP contribution in [0.4, 0.5) is 13.2 Å². The van der Waals surface area contributed by atoms with Gasteiger partial charge in [0, 0.05) is 17.3 Å². The van der Waals surface area contributed by atoms with Crippen LogP contribution < -0.4 is 0 Å². The van der Waals surface area contributed by atoms with Gasteiger partial charge in [0.15, 0.2) is 9.84 Å². The number of sulfone groups is 1. The number of halogens is 3. The number of nitrogens with zero attached hydrogens (tertiary/aromatic N) is 2. The quantitative estimate of drug-likeness (QED) is 0.792. The summed E-state index contributed by atoms with van der Waals surface area (Å²) in [6, 6.07) is 5.41. The zero-order chi connectivity index (χ0) is 19.3. The Hall–Kier alpha value is -2.22. The molecule has 0 bridgehead atoms. The third kappa shape index (κ3) is 2.82. The highest BCUT2D eigenvalue weighted by atomic mass is 32.2. The molecule has 0 unspecified atom stereocenters. The SMILES string of the molecule is Cc1cc(C2=NCC(C)(C)S(=O)(=O)c3c(F)cccc32)cnc1C(F)F. The number of hydrogen-bond acceptors (Lipinski definition) is 4. The molecule has 1 aliphatic rings. The van der Waals surface area contributed by atoms with Crippen molar-refractivity contribution in [3.8, 4) is 0 Å². The highest BCUT2D eigenvalue weighted by molar-refractivity contribution is 7.93. The molecule has 0 N–H and O–H groups in total. The molecule has 1 aromatic heterocycles. The summed E-state index contributed by atoms with van der Waals surface area (Å²) in [5, 5.41) is 0. The molecule has 138 valence electrons. The smallest absolute Gasteiger partial charge is 0.280 e. The molecule has 0 spiro atoms. The van der Waals surface area contributed by atoms with Crippen molar-refractivity contribution >= 4 is 15.5 Å². The van der Waals surface area contributed by atoms with Crippen LogP contribution in [0.25, 0.3) is 0 Å². The molecule has 0 atom stereocenters. The summed E-state index contributed by atoms with van der Waals surface area (Å²) in [6.45, 7) is 4.36. The van der Waals surface area contributed by atoms with E-state index in [-0.39, 0.29) is 29.1 Å².